The van der Waals surface area contributed by atoms with Gasteiger partial charge < -0.3 is 21.0 Å². The van der Waals surface area contributed by atoms with E-state index in [9.17, 15) is 19.5 Å². The molecule has 2 aliphatic rings. The third-order valence-electron chi connectivity index (χ3n) is 4.20. The first-order valence-corrected chi connectivity index (χ1v) is 10.5. The van der Waals surface area contributed by atoms with Crippen molar-refractivity contribution in [2.45, 2.75) is 24.8 Å². The first-order valence-electron chi connectivity index (χ1n) is 8.60. The Morgan fingerprint density at radius 1 is 1.55 bits per heavy atom. The van der Waals surface area contributed by atoms with Crippen molar-refractivity contribution in [2.75, 3.05) is 18.6 Å². The number of aromatic nitrogens is 1. The van der Waals surface area contributed by atoms with E-state index in [-0.39, 0.29) is 22.2 Å². The number of allylic oxidation sites excluding steroid dienone is 2. The summed E-state index contributed by atoms with van der Waals surface area (Å²) in [7, 11) is 1.28. The van der Waals surface area contributed by atoms with Gasteiger partial charge in [-0.2, -0.15) is 0 Å². The second-order valence-corrected chi connectivity index (χ2v) is 8.04. The predicted octanol–water partition coefficient (Wildman–Crippen LogP) is 0.781. The number of carboxylic acid groups (broad SMARTS) is 1. The number of hydrogen-bond acceptors (Lipinski definition) is 9. The molecule has 4 N–H and O–H groups in total. The minimum Gasteiger partial charge on any atom is -0.477 e. The fourth-order valence-corrected chi connectivity index (χ4v) is 4.80. The van der Waals surface area contributed by atoms with Gasteiger partial charge in [0.1, 0.15) is 29.9 Å². The molecule has 0 aliphatic carbocycles. The molecule has 12 heteroatoms. The SMILES string of the molecule is CC/C=C/C1=C(C(=O)O)N2C(=O)C(NC(=O)/C(=N\OC)c3csc(N)n3)[C@@H]2SC1. The Morgan fingerprint density at radius 3 is 2.90 bits per heavy atom. The van der Waals surface area contributed by atoms with Crippen molar-refractivity contribution in [3.63, 3.8) is 0 Å². The molecular weight excluding hydrogens is 418 g/mol. The fraction of sp³-hybridized carbons (Fsp3) is 0.353. The number of nitrogens with zero attached hydrogens (tertiary/aromatic N) is 3. The Balaban J connectivity index is 1.80. The zero-order valence-electron chi connectivity index (χ0n) is 15.6. The molecule has 2 aliphatic heterocycles. The van der Waals surface area contributed by atoms with Gasteiger partial charge in [-0.1, -0.05) is 24.2 Å². The number of amides is 2. The van der Waals surface area contributed by atoms with E-state index in [0.717, 1.165) is 17.8 Å². The van der Waals surface area contributed by atoms with Gasteiger partial charge in [-0.15, -0.1) is 23.1 Å². The summed E-state index contributed by atoms with van der Waals surface area (Å²) in [6.07, 6.45) is 4.32. The second kappa shape index (κ2) is 8.66. The minimum atomic E-state index is -1.18. The molecule has 2 atom stereocenters. The smallest absolute Gasteiger partial charge is 0.352 e. The molecule has 0 spiro atoms. The lowest BCUT2D eigenvalue weighted by Gasteiger charge is -2.49. The van der Waals surface area contributed by atoms with Crippen LogP contribution in [-0.4, -0.2) is 62.8 Å². The van der Waals surface area contributed by atoms with E-state index in [0.29, 0.717) is 11.3 Å². The van der Waals surface area contributed by atoms with E-state index in [1.54, 1.807) is 11.5 Å². The van der Waals surface area contributed by atoms with Gasteiger partial charge in [0.2, 0.25) is 0 Å². The van der Waals surface area contributed by atoms with E-state index < -0.39 is 29.2 Å². The molecule has 10 nitrogen and oxygen atoms in total. The van der Waals surface area contributed by atoms with Crippen LogP contribution >= 0.6 is 23.1 Å². The topological polar surface area (TPSA) is 147 Å². The average molecular weight is 438 g/mol. The minimum absolute atomic E-state index is 0.0491. The van der Waals surface area contributed by atoms with Crippen molar-refractivity contribution >= 4 is 51.7 Å². The number of β-lactam (4-membered cyclic amide) rings is 1. The van der Waals surface area contributed by atoms with Crippen molar-refractivity contribution in [3.05, 3.63) is 34.5 Å². The fourth-order valence-electron chi connectivity index (χ4n) is 2.93. The van der Waals surface area contributed by atoms with Crippen molar-refractivity contribution < 1.29 is 24.3 Å². The van der Waals surface area contributed by atoms with Crippen LogP contribution in [0.25, 0.3) is 0 Å². The summed E-state index contributed by atoms with van der Waals surface area (Å²) in [6, 6.07) is -0.878. The molecule has 0 bridgehead atoms. The van der Waals surface area contributed by atoms with Crippen molar-refractivity contribution in [1.82, 2.24) is 15.2 Å². The molecule has 1 unspecified atom stereocenters. The van der Waals surface area contributed by atoms with Gasteiger partial charge in [0.15, 0.2) is 10.8 Å². The maximum Gasteiger partial charge on any atom is 0.352 e. The number of carbonyl (C=O) groups is 3. The maximum atomic E-state index is 12.7. The van der Waals surface area contributed by atoms with Crippen LogP contribution in [0.2, 0.25) is 0 Å². The first-order chi connectivity index (χ1) is 13.9. The molecular formula is C17H19N5O5S2. The third-order valence-corrected chi connectivity index (χ3v) is 6.18. The second-order valence-electron chi connectivity index (χ2n) is 6.04. The van der Waals surface area contributed by atoms with Gasteiger partial charge in [-0.3, -0.25) is 14.5 Å². The Morgan fingerprint density at radius 2 is 2.31 bits per heavy atom. The third kappa shape index (κ3) is 3.98. The van der Waals surface area contributed by atoms with Gasteiger partial charge in [-0.05, 0) is 12.0 Å². The van der Waals surface area contributed by atoms with Crippen LogP contribution in [0.15, 0.2) is 34.0 Å². The molecule has 29 heavy (non-hydrogen) atoms. The maximum absolute atomic E-state index is 12.7. The summed E-state index contributed by atoms with van der Waals surface area (Å²) in [5.41, 5.74) is 6.23. The van der Waals surface area contributed by atoms with E-state index in [4.69, 9.17) is 10.6 Å². The van der Waals surface area contributed by atoms with Gasteiger partial charge in [0.05, 0.1) is 0 Å². The lowest BCUT2D eigenvalue weighted by molar-refractivity contribution is -0.150. The number of nitrogen functional groups attached to an aromatic ring is 1. The lowest BCUT2D eigenvalue weighted by Crippen LogP contribution is -2.71. The quantitative estimate of drug-likeness (QED) is 0.322. The number of nitrogens with two attached hydrogens (primary N) is 1. The summed E-state index contributed by atoms with van der Waals surface area (Å²) in [5, 5.41) is 17.2. The number of fused-ring (bicyclic) bond motifs is 1. The van der Waals surface area contributed by atoms with Crippen LogP contribution in [0.1, 0.15) is 19.0 Å². The molecule has 1 aromatic heterocycles. The summed E-state index contributed by atoms with van der Waals surface area (Å²) in [4.78, 5) is 47.0. The van der Waals surface area contributed by atoms with Crippen LogP contribution in [0.3, 0.4) is 0 Å². The average Bonchev–Trinajstić information content (AvgIpc) is 3.13. The molecule has 154 valence electrons. The Hall–Kier alpha value is -2.86. The van der Waals surface area contributed by atoms with Crippen molar-refractivity contribution in [3.8, 4) is 0 Å². The number of hydrogen-bond donors (Lipinski definition) is 3. The van der Waals surface area contributed by atoms with Gasteiger partial charge in [0, 0.05) is 11.1 Å². The number of thiazole rings is 1. The normalized spacial score (nSPS) is 21.8. The monoisotopic (exact) mass is 437 g/mol. The van der Waals surface area contributed by atoms with Crippen molar-refractivity contribution in [1.29, 1.82) is 0 Å². The Kier molecular flexibility index (Phi) is 6.23. The molecule has 0 radical (unpaired) electrons. The molecule has 3 rings (SSSR count). The molecule has 0 aromatic carbocycles. The first kappa shape index (κ1) is 20.9. The van der Waals surface area contributed by atoms with Crippen LogP contribution in [-0.2, 0) is 19.2 Å². The molecule has 0 saturated carbocycles. The lowest BCUT2D eigenvalue weighted by atomic mass is 10.0. The number of rotatable bonds is 7. The number of aliphatic carboxylic acids is 1. The summed E-state index contributed by atoms with van der Waals surface area (Å²) in [6.45, 7) is 1.94. The summed E-state index contributed by atoms with van der Waals surface area (Å²) < 4.78 is 0. The highest BCUT2D eigenvalue weighted by molar-refractivity contribution is 8.00. The van der Waals surface area contributed by atoms with Crippen LogP contribution in [0.5, 0.6) is 0 Å². The molecule has 1 aromatic rings. The van der Waals surface area contributed by atoms with Gasteiger partial charge >= 0.3 is 5.97 Å². The van der Waals surface area contributed by atoms with E-state index >= 15 is 0 Å². The number of nitrogens with one attached hydrogen (secondary N) is 1. The van der Waals surface area contributed by atoms with E-state index in [1.165, 1.54) is 23.8 Å². The number of thioether (sulfide) groups is 1. The molecule has 3 heterocycles. The summed E-state index contributed by atoms with van der Waals surface area (Å²) in [5.74, 6) is -1.91. The number of carboxylic acids is 1. The predicted molar refractivity (Wildman–Crippen MR) is 109 cm³/mol. The van der Waals surface area contributed by atoms with Gasteiger partial charge in [-0.25, -0.2) is 9.78 Å². The highest BCUT2D eigenvalue weighted by Gasteiger charge is 2.54. The highest BCUT2D eigenvalue weighted by atomic mass is 32.2. The zero-order valence-corrected chi connectivity index (χ0v) is 17.2. The van der Waals surface area contributed by atoms with Crippen LogP contribution in [0, 0.1) is 0 Å². The Bertz CT molecular complexity index is 938. The standard InChI is InChI=1S/C17H19N5O5S2/c1-3-4-5-8-6-28-15-11(14(24)22(15)12(8)16(25)26)20-13(23)10(21-27-2)9-7-29-17(18)19-9/h4-5,7,11,15H,3,6H2,1-2H3,(H2,18,19)(H,20,23)(H,25,26)/b5-4+,21-10-/t11?,15-/m0/s1. The largest absolute Gasteiger partial charge is 0.477 e. The summed E-state index contributed by atoms with van der Waals surface area (Å²) >= 11 is 2.52. The number of anilines is 1. The van der Waals surface area contributed by atoms with Crippen molar-refractivity contribution in [2.24, 2.45) is 5.16 Å². The van der Waals surface area contributed by atoms with Crippen LogP contribution in [0.4, 0.5) is 5.13 Å². The molecule has 1 fully saturated rings. The highest BCUT2D eigenvalue weighted by Crippen LogP contribution is 2.40. The van der Waals surface area contributed by atoms with Crippen LogP contribution < -0.4 is 11.1 Å². The molecule has 1 saturated heterocycles. The Labute approximate surface area is 174 Å². The number of oxime groups is 1. The van der Waals surface area contributed by atoms with Gasteiger partial charge in [0.25, 0.3) is 11.8 Å². The van der Waals surface area contributed by atoms with E-state index in [2.05, 4.69) is 15.5 Å². The number of carbonyl (C=O) groups excluding carboxylic acids is 2. The molecule has 2 amide bonds. The zero-order chi connectivity index (χ0) is 21.1. The van der Waals surface area contributed by atoms with E-state index in [1.807, 2.05) is 13.0 Å².